The van der Waals surface area contributed by atoms with Gasteiger partial charge in [-0.25, -0.2) is 4.79 Å². The van der Waals surface area contributed by atoms with E-state index < -0.39 is 72.6 Å². The number of unbranched alkanes of at least 4 members (excludes halogenated alkanes) is 1. The standard InChI is InChI=1S/C21H38N6O8/c1-11(2)9-14(19(32)25-13(21(34)35)6-7-17(29)30)27-20(33)15(10-16(24)28)26-18(31)12(23)5-3-4-8-22/h11-15H,3-10,22-23H2,1-2H3,(H2,24,28)(H,25,32)(H,26,31)(H,27,33)(H,29,30)(H,34,35). The van der Waals surface area contributed by atoms with Crippen molar-refractivity contribution in [2.45, 2.75) is 83.0 Å². The topological polar surface area (TPSA) is 257 Å². The van der Waals surface area contributed by atoms with Crippen LogP contribution < -0.4 is 33.2 Å². The number of aliphatic carboxylic acids is 2. The van der Waals surface area contributed by atoms with Gasteiger partial charge in [0.2, 0.25) is 23.6 Å². The highest BCUT2D eigenvalue weighted by Crippen LogP contribution is 2.08. The van der Waals surface area contributed by atoms with Crippen LogP contribution >= 0.6 is 0 Å². The van der Waals surface area contributed by atoms with E-state index in [9.17, 15) is 33.9 Å². The second-order valence-electron chi connectivity index (χ2n) is 8.65. The Kier molecular flexibility index (Phi) is 14.9. The Bertz CT molecular complexity index is 760. The summed E-state index contributed by atoms with van der Waals surface area (Å²) in [4.78, 5) is 71.6. The molecule has 0 radical (unpaired) electrons. The van der Waals surface area contributed by atoms with Gasteiger partial charge in [0, 0.05) is 6.42 Å². The van der Waals surface area contributed by atoms with Crippen molar-refractivity contribution in [3.63, 3.8) is 0 Å². The lowest BCUT2D eigenvalue weighted by molar-refractivity contribution is -0.143. The zero-order chi connectivity index (χ0) is 27.1. The average molecular weight is 503 g/mol. The number of primary amides is 1. The van der Waals surface area contributed by atoms with Crippen molar-refractivity contribution in [2.24, 2.45) is 23.1 Å². The van der Waals surface area contributed by atoms with Crippen LogP contribution in [0.4, 0.5) is 0 Å². The van der Waals surface area contributed by atoms with Crippen LogP contribution in [0.25, 0.3) is 0 Å². The van der Waals surface area contributed by atoms with Gasteiger partial charge in [-0.1, -0.05) is 20.3 Å². The van der Waals surface area contributed by atoms with Crippen molar-refractivity contribution >= 4 is 35.6 Å². The second-order valence-corrected chi connectivity index (χ2v) is 8.65. The number of hydrogen-bond donors (Lipinski definition) is 8. The first-order chi connectivity index (χ1) is 16.3. The molecule has 0 saturated carbocycles. The van der Waals surface area contributed by atoms with Gasteiger partial charge < -0.3 is 43.4 Å². The number of nitrogens with two attached hydrogens (primary N) is 3. The van der Waals surface area contributed by atoms with Crippen LogP contribution in [0, 0.1) is 5.92 Å². The van der Waals surface area contributed by atoms with E-state index in [2.05, 4.69) is 16.0 Å². The van der Waals surface area contributed by atoms with Crippen LogP contribution in [0.2, 0.25) is 0 Å². The summed E-state index contributed by atoms with van der Waals surface area (Å²) in [5.41, 5.74) is 16.4. The molecule has 0 saturated heterocycles. The molecule has 200 valence electrons. The van der Waals surface area contributed by atoms with Crippen LogP contribution in [0.1, 0.15) is 58.8 Å². The van der Waals surface area contributed by atoms with Crippen molar-refractivity contribution in [1.29, 1.82) is 0 Å². The van der Waals surface area contributed by atoms with E-state index >= 15 is 0 Å². The van der Waals surface area contributed by atoms with Crippen molar-refractivity contribution in [3.05, 3.63) is 0 Å². The van der Waals surface area contributed by atoms with E-state index in [4.69, 9.17) is 22.3 Å². The molecule has 0 aromatic rings. The predicted octanol–water partition coefficient (Wildman–Crippen LogP) is -2.23. The molecule has 0 aliphatic heterocycles. The first-order valence-corrected chi connectivity index (χ1v) is 11.4. The lowest BCUT2D eigenvalue weighted by Crippen LogP contribution is -2.58. The quantitative estimate of drug-likeness (QED) is 0.0935. The molecule has 14 nitrogen and oxygen atoms in total. The van der Waals surface area contributed by atoms with Gasteiger partial charge in [-0.2, -0.15) is 0 Å². The molecule has 0 heterocycles. The molecule has 0 fully saturated rings. The van der Waals surface area contributed by atoms with E-state index in [0.717, 1.165) is 0 Å². The highest BCUT2D eigenvalue weighted by Gasteiger charge is 2.31. The summed E-state index contributed by atoms with van der Waals surface area (Å²) in [6.07, 6.45) is 0.234. The van der Waals surface area contributed by atoms with Crippen LogP contribution in [0.15, 0.2) is 0 Å². The fraction of sp³-hybridized carbons (Fsp3) is 0.714. The molecule has 11 N–H and O–H groups in total. The van der Waals surface area contributed by atoms with E-state index in [1.165, 1.54) is 0 Å². The van der Waals surface area contributed by atoms with E-state index in [-0.39, 0.29) is 18.8 Å². The van der Waals surface area contributed by atoms with Crippen molar-refractivity contribution in [3.8, 4) is 0 Å². The Labute approximate surface area is 203 Å². The second kappa shape index (κ2) is 16.4. The van der Waals surface area contributed by atoms with Crippen LogP contribution in [0.5, 0.6) is 0 Å². The first-order valence-electron chi connectivity index (χ1n) is 11.4. The summed E-state index contributed by atoms with van der Waals surface area (Å²) in [6, 6.07) is -5.08. The van der Waals surface area contributed by atoms with Gasteiger partial charge in [-0.15, -0.1) is 0 Å². The number of carbonyl (C=O) groups excluding carboxylic acids is 4. The van der Waals surface area contributed by atoms with Crippen LogP contribution in [-0.4, -0.2) is 76.5 Å². The maximum atomic E-state index is 12.9. The van der Waals surface area contributed by atoms with Crippen molar-refractivity contribution in [1.82, 2.24) is 16.0 Å². The Morgan fingerprint density at radius 2 is 1.34 bits per heavy atom. The van der Waals surface area contributed by atoms with Crippen molar-refractivity contribution < 1.29 is 39.0 Å². The van der Waals surface area contributed by atoms with Gasteiger partial charge >= 0.3 is 11.9 Å². The Morgan fingerprint density at radius 3 is 1.83 bits per heavy atom. The number of carboxylic acids is 2. The van der Waals surface area contributed by atoms with Gasteiger partial charge in [0.25, 0.3) is 0 Å². The van der Waals surface area contributed by atoms with Gasteiger partial charge in [0.15, 0.2) is 0 Å². The van der Waals surface area contributed by atoms with E-state index in [0.29, 0.717) is 25.8 Å². The SMILES string of the molecule is CC(C)CC(NC(=O)C(CC(N)=O)NC(=O)C(N)CCCCN)C(=O)NC(CCC(=O)O)C(=O)O. The average Bonchev–Trinajstić information content (AvgIpc) is 2.74. The molecule has 4 atom stereocenters. The lowest BCUT2D eigenvalue weighted by atomic mass is 10.0. The Balaban J connectivity index is 5.46. The molecule has 14 heteroatoms. The number of carbonyl (C=O) groups is 6. The number of hydrogen-bond acceptors (Lipinski definition) is 8. The molecule has 4 unspecified atom stereocenters. The molecule has 0 aliphatic rings. The summed E-state index contributed by atoms with van der Waals surface area (Å²) in [6.45, 7) is 3.95. The van der Waals surface area contributed by atoms with E-state index in [1.54, 1.807) is 13.8 Å². The number of rotatable bonds is 18. The molecular weight excluding hydrogens is 464 g/mol. The van der Waals surface area contributed by atoms with Crippen molar-refractivity contribution in [2.75, 3.05) is 6.54 Å². The normalized spacial score (nSPS) is 14.3. The van der Waals surface area contributed by atoms with Gasteiger partial charge in [-0.3, -0.25) is 24.0 Å². The number of carboxylic acid groups (broad SMARTS) is 2. The Morgan fingerprint density at radius 1 is 0.800 bits per heavy atom. The summed E-state index contributed by atoms with van der Waals surface area (Å²) in [5.74, 6) is -6.09. The lowest BCUT2D eigenvalue weighted by Gasteiger charge is -2.25. The molecule has 0 aliphatic carbocycles. The third-order valence-corrected chi connectivity index (χ3v) is 4.95. The summed E-state index contributed by atoms with van der Waals surface area (Å²) in [5, 5.41) is 25.1. The predicted molar refractivity (Wildman–Crippen MR) is 124 cm³/mol. The van der Waals surface area contributed by atoms with Gasteiger partial charge in [0.1, 0.15) is 18.1 Å². The Hall–Kier alpha value is -3.26. The molecule has 0 spiro atoms. The molecule has 4 amide bonds. The van der Waals surface area contributed by atoms with Crippen LogP contribution in [-0.2, 0) is 28.8 Å². The highest BCUT2D eigenvalue weighted by molar-refractivity contribution is 5.96. The molecule has 0 rings (SSSR count). The molecule has 0 aromatic carbocycles. The van der Waals surface area contributed by atoms with Gasteiger partial charge in [0.05, 0.1) is 12.5 Å². The number of nitrogens with one attached hydrogen (secondary N) is 3. The third-order valence-electron chi connectivity index (χ3n) is 4.95. The smallest absolute Gasteiger partial charge is 0.326 e. The highest BCUT2D eigenvalue weighted by atomic mass is 16.4. The molecule has 35 heavy (non-hydrogen) atoms. The largest absolute Gasteiger partial charge is 0.481 e. The van der Waals surface area contributed by atoms with Crippen LogP contribution in [0.3, 0.4) is 0 Å². The summed E-state index contributed by atoms with van der Waals surface area (Å²) >= 11 is 0. The molecular formula is C21H38N6O8. The zero-order valence-corrected chi connectivity index (χ0v) is 20.1. The molecule has 0 bridgehead atoms. The maximum Gasteiger partial charge on any atom is 0.326 e. The summed E-state index contributed by atoms with van der Waals surface area (Å²) < 4.78 is 0. The fourth-order valence-electron chi connectivity index (χ4n) is 3.10. The van der Waals surface area contributed by atoms with E-state index in [1.807, 2.05) is 0 Å². The minimum absolute atomic E-state index is 0.0959. The minimum atomic E-state index is -1.49. The van der Waals surface area contributed by atoms with Gasteiger partial charge in [-0.05, 0) is 38.1 Å². The zero-order valence-electron chi connectivity index (χ0n) is 20.1. The molecule has 0 aromatic heterocycles. The summed E-state index contributed by atoms with van der Waals surface area (Å²) in [7, 11) is 0. The maximum absolute atomic E-state index is 12.9. The third kappa shape index (κ3) is 13.9. The minimum Gasteiger partial charge on any atom is -0.481 e. The fourth-order valence-corrected chi connectivity index (χ4v) is 3.10. The monoisotopic (exact) mass is 502 g/mol. The number of amides is 4. The first kappa shape index (κ1) is 31.7.